The van der Waals surface area contributed by atoms with E-state index in [4.69, 9.17) is 0 Å². The summed E-state index contributed by atoms with van der Waals surface area (Å²) in [7, 11) is 0. The molecule has 0 bridgehead atoms. The van der Waals surface area contributed by atoms with Gasteiger partial charge in [0.15, 0.2) is 0 Å². The molecule has 1 aliphatic heterocycles. The van der Waals surface area contributed by atoms with Gasteiger partial charge in [0.25, 0.3) is 5.56 Å². The summed E-state index contributed by atoms with van der Waals surface area (Å²) in [6.45, 7) is 3.95. The summed E-state index contributed by atoms with van der Waals surface area (Å²) in [5.74, 6) is 6.64. The summed E-state index contributed by atoms with van der Waals surface area (Å²) in [6, 6.07) is 5.57. The van der Waals surface area contributed by atoms with Crippen molar-refractivity contribution in [2.24, 2.45) is 0 Å². The molecule has 4 heteroatoms. The average molecular weight is 239 g/mol. The molecule has 1 aromatic heterocycles. The van der Waals surface area contributed by atoms with Crippen LogP contribution in [0.25, 0.3) is 10.9 Å². The quantitative estimate of drug-likeness (QED) is 0.694. The molecule has 0 unspecified atom stereocenters. The number of rotatable bonds is 0. The average Bonchev–Trinajstić information content (AvgIpc) is 2.39. The molecular formula is C14H13N3O. The molecule has 0 atom stereocenters. The normalized spacial score (nSPS) is 13.8. The summed E-state index contributed by atoms with van der Waals surface area (Å²) in [6.07, 6.45) is 0. The van der Waals surface area contributed by atoms with Crippen LogP contribution in [0.1, 0.15) is 18.3 Å². The molecule has 0 amide bonds. The molecular weight excluding hydrogens is 226 g/mol. The van der Waals surface area contributed by atoms with E-state index in [1.807, 2.05) is 18.2 Å². The minimum Gasteiger partial charge on any atom is -0.308 e. The van der Waals surface area contributed by atoms with Crippen molar-refractivity contribution in [1.29, 1.82) is 0 Å². The molecule has 0 saturated heterocycles. The van der Waals surface area contributed by atoms with E-state index in [1.165, 1.54) is 0 Å². The van der Waals surface area contributed by atoms with Crippen molar-refractivity contribution in [2.75, 3.05) is 6.54 Å². The van der Waals surface area contributed by atoms with Gasteiger partial charge in [-0.3, -0.25) is 9.36 Å². The number of aromatic nitrogens is 2. The third-order valence-corrected chi connectivity index (χ3v) is 3.10. The van der Waals surface area contributed by atoms with E-state index in [1.54, 1.807) is 11.5 Å². The first-order valence-corrected chi connectivity index (χ1v) is 5.96. The fraction of sp³-hybridized carbons (Fsp3) is 0.286. The molecule has 3 rings (SSSR count). The lowest BCUT2D eigenvalue weighted by molar-refractivity contribution is 0.486. The Morgan fingerprint density at radius 1 is 1.44 bits per heavy atom. The van der Waals surface area contributed by atoms with Gasteiger partial charge in [-0.2, -0.15) is 0 Å². The fourth-order valence-corrected chi connectivity index (χ4v) is 2.25. The summed E-state index contributed by atoms with van der Waals surface area (Å²) < 4.78 is 1.75. The molecule has 0 saturated carbocycles. The topological polar surface area (TPSA) is 46.9 Å². The third-order valence-electron chi connectivity index (χ3n) is 3.10. The van der Waals surface area contributed by atoms with Gasteiger partial charge < -0.3 is 5.32 Å². The molecule has 1 aliphatic rings. The molecule has 2 aromatic rings. The van der Waals surface area contributed by atoms with Crippen molar-refractivity contribution in [2.45, 2.75) is 20.0 Å². The molecule has 90 valence electrons. The second-order valence-corrected chi connectivity index (χ2v) is 4.27. The number of nitrogens with one attached hydrogen (secondary N) is 1. The Morgan fingerprint density at radius 3 is 3.17 bits per heavy atom. The van der Waals surface area contributed by atoms with Crippen LogP contribution in [-0.4, -0.2) is 16.1 Å². The van der Waals surface area contributed by atoms with Crippen LogP contribution in [-0.2, 0) is 13.1 Å². The zero-order valence-electron chi connectivity index (χ0n) is 10.2. The maximum absolute atomic E-state index is 12.3. The van der Waals surface area contributed by atoms with E-state index in [2.05, 4.69) is 22.1 Å². The van der Waals surface area contributed by atoms with Crippen LogP contribution in [0.4, 0.5) is 0 Å². The summed E-state index contributed by atoms with van der Waals surface area (Å²) in [5.41, 5.74) is 1.67. The van der Waals surface area contributed by atoms with Crippen molar-refractivity contribution in [1.82, 2.24) is 14.9 Å². The Morgan fingerprint density at radius 2 is 2.33 bits per heavy atom. The van der Waals surface area contributed by atoms with E-state index in [0.29, 0.717) is 18.5 Å². The maximum Gasteiger partial charge on any atom is 0.261 e. The van der Waals surface area contributed by atoms with Gasteiger partial charge in [-0.25, -0.2) is 4.98 Å². The van der Waals surface area contributed by atoms with Crippen molar-refractivity contribution in [3.63, 3.8) is 0 Å². The van der Waals surface area contributed by atoms with Gasteiger partial charge in [-0.05, 0) is 25.1 Å². The fourth-order valence-electron chi connectivity index (χ4n) is 2.25. The van der Waals surface area contributed by atoms with E-state index in [0.717, 1.165) is 23.4 Å². The van der Waals surface area contributed by atoms with Crippen LogP contribution in [0, 0.1) is 11.8 Å². The molecule has 0 aliphatic carbocycles. The molecule has 18 heavy (non-hydrogen) atoms. The van der Waals surface area contributed by atoms with Gasteiger partial charge in [0.2, 0.25) is 0 Å². The highest BCUT2D eigenvalue weighted by Gasteiger charge is 2.13. The Labute approximate surface area is 105 Å². The molecule has 2 heterocycles. The molecule has 0 fully saturated rings. The van der Waals surface area contributed by atoms with Crippen molar-refractivity contribution >= 4 is 10.9 Å². The van der Waals surface area contributed by atoms with Gasteiger partial charge in [0.1, 0.15) is 5.82 Å². The maximum atomic E-state index is 12.3. The van der Waals surface area contributed by atoms with E-state index < -0.39 is 0 Å². The van der Waals surface area contributed by atoms with E-state index in [-0.39, 0.29) is 5.56 Å². The smallest absolute Gasteiger partial charge is 0.261 e. The summed E-state index contributed by atoms with van der Waals surface area (Å²) in [4.78, 5) is 16.9. The van der Waals surface area contributed by atoms with Crippen LogP contribution < -0.4 is 10.9 Å². The Kier molecular flexibility index (Phi) is 2.62. The van der Waals surface area contributed by atoms with Crippen LogP contribution in [0.2, 0.25) is 0 Å². The first-order chi connectivity index (χ1) is 8.79. The minimum atomic E-state index is 0.0486. The number of hydrogen-bond acceptors (Lipinski definition) is 3. The van der Waals surface area contributed by atoms with Crippen molar-refractivity contribution in [3.05, 3.63) is 39.9 Å². The molecule has 0 radical (unpaired) electrons. The monoisotopic (exact) mass is 239 g/mol. The van der Waals surface area contributed by atoms with Crippen molar-refractivity contribution < 1.29 is 0 Å². The van der Waals surface area contributed by atoms with Gasteiger partial charge >= 0.3 is 0 Å². The number of fused-ring (bicyclic) bond motifs is 2. The highest BCUT2D eigenvalue weighted by Crippen LogP contribution is 2.12. The Balaban J connectivity index is 2.30. The third kappa shape index (κ3) is 1.69. The van der Waals surface area contributed by atoms with Crippen LogP contribution >= 0.6 is 0 Å². The summed E-state index contributed by atoms with van der Waals surface area (Å²) in [5, 5.41) is 3.89. The van der Waals surface area contributed by atoms with Gasteiger partial charge in [0, 0.05) is 18.7 Å². The Hall–Kier alpha value is -2.12. The first-order valence-electron chi connectivity index (χ1n) is 5.96. The highest BCUT2D eigenvalue weighted by atomic mass is 16.1. The zero-order chi connectivity index (χ0) is 12.5. The SMILES string of the molecule is CC#Cc1ccc2c(=O)n3c(nc2c1)CNCC3. The van der Waals surface area contributed by atoms with Crippen molar-refractivity contribution in [3.8, 4) is 11.8 Å². The second kappa shape index (κ2) is 4.28. The first kappa shape index (κ1) is 11.0. The van der Waals surface area contributed by atoms with Crippen LogP contribution in [0.15, 0.2) is 23.0 Å². The summed E-state index contributed by atoms with van der Waals surface area (Å²) >= 11 is 0. The largest absolute Gasteiger partial charge is 0.308 e. The molecule has 1 N–H and O–H groups in total. The van der Waals surface area contributed by atoms with Gasteiger partial charge in [-0.15, -0.1) is 5.92 Å². The van der Waals surface area contributed by atoms with E-state index >= 15 is 0 Å². The minimum absolute atomic E-state index is 0.0486. The molecule has 1 aromatic carbocycles. The number of benzene rings is 1. The van der Waals surface area contributed by atoms with E-state index in [9.17, 15) is 4.79 Å². The standard InChI is InChI=1S/C14H13N3O/c1-2-3-10-4-5-11-12(8-10)16-13-9-15-6-7-17(13)14(11)18/h4-5,8,15H,6-7,9H2,1H3. The molecule has 4 nitrogen and oxygen atoms in total. The number of nitrogens with zero attached hydrogens (tertiary/aromatic N) is 2. The van der Waals surface area contributed by atoms with Gasteiger partial charge in [0.05, 0.1) is 17.4 Å². The van der Waals surface area contributed by atoms with Crippen LogP contribution in [0.5, 0.6) is 0 Å². The lowest BCUT2D eigenvalue weighted by Gasteiger charge is -2.18. The lowest BCUT2D eigenvalue weighted by Crippen LogP contribution is -2.37. The second-order valence-electron chi connectivity index (χ2n) is 4.27. The number of hydrogen-bond donors (Lipinski definition) is 1. The lowest BCUT2D eigenvalue weighted by atomic mass is 10.1. The highest BCUT2D eigenvalue weighted by molar-refractivity contribution is 5.79. The molecule has 0 spiro atoms. The predicted molar refractivity (Wildman–Crippen MR) is 70.3 cm³/mol. The zero-order valence-corrected chi connectivity index (χ0v) is 10.2. The van der Waals surface area contributed by atoms with Gasteiger partial charge in [-0.1, -0.05) is 5.92 Å². The predicted octanol–water partition coefficient (Wildman–Crippen LogP) is 0.871. The Bertz CT molecular complexity index is 734. The van der Waals surface area contributed by atoms with Crippen LogP contribution in [0.3, 0.4) is 0 Å².